The fraction of sp³-hybridized carbons (Fsp3) is 0.333. The molecule has 0 aliphatic carbocycles. The van der Waals surface area contributed by atoms with Crippen molar-refractivity contribution in [3.8, 4) is 0 Å². The van der Waals surface area contributed by atoms with Crippen LogP contribution in [0.25, 0.3) is 0 Å². The monoisotopic (exact) mass is 397 g/mol. The zero-order chi connectivity index (χ0) is 20.4. The summed E-state index contributed by atoms with van der Waals surface area (Å²) in [5.41, 5.74) is 6.53. The molecule has 2 aliphatic rings. The summed E-state index contributed by atoms with van der Waals surface area (Å²) in [5, 5.41) is 1.82. The number of hydrogen-bond donors (Lipinski definition) is 1. The van der Waals surface area contributed by atoms with Crippen LogP contribution < -0.4 is 15.3 Å². The van der Waals surface area contributed by atoms with Gasteiger partial charge in [0.25, 0.3) is 0 Å². The van der Waals surface area contributed by atoms with Gasteiger partial charge in [-0.15, -0.1) is 0 Å². The predicted octanol–water partition coefficient (Wildman–Crippen LogP) is 2.79. The number of hydrazine groups is 1. The lowest BCUT2D eigenvalue weighted by Gasteiger charge is -2.36. The summed E-state index contributed by atoms with van der Waals surface area (Å²) in [7, 11) is 0. The maximum absolute atomic E-state index is 13.8. The summed E-state index contributed by atoms with van der Waals surface area (Å²) in [6.07, 6.45) is 0. The van der Waals surface area contributed by atoms with Gasteiger partial charge in [0, 0.05) is 38.8 Å². The first kappa shape index (κ1) is 19.0. The summed E-state index contributed by atoms with van der Waals surface area (Å²) in [6.45, 7) is 7.10. The van der Waals surface area contributed by atoms with E-state index in [0.717, 1.165) is 43.1 Å². The minimum atomic E-state index is -0.395. The Morgan fingerprint density at radius 3 is 2.59 bits per heavy atom. The van der Waals surface area contributed by atoms with Gasteiger partial charge in [-0.2, -0.15) is 4.99 Å². The van der Waals surface area contributed by atoms with E-state index in [1.54, 1.807) is 25.1 Å². The molecule has 0 bridgehead atoms. The molecular weight excluding hydrogens is 373 g/mol. The Hall–Kier alpha value is -3.29. The number of amides is 1. The van der Waals surface area contributed by atoms with Gasteiger partial charge in [-0.25, -0.2) is 14.8 Å². The van der Waals surface area contributed by atoms with Crippen LogP contribution in [0.4, 0.5) is 21.5 Å². The molecule has 0 atom stereocenters. The highest BCUT2D eigenvalue weighted by Gasteiger charge is 2.22. The minimum absolute atomic E-state index is 0.129. The number of rotatable bonds is 3. The number of hydrogen-bond acceptors (Lipinski definition) is 5. The van der Waals surface area contributed by atoms with Gasteiger partial charge >= 0.3 is 6.02 Å². The molecule has 29 heavy (non-hydrogen) atoms. The molecule has 2 aromatic rings. The first-order chi connectivity index (χ1) is 14.0. The largest absolute Gasteiger partial charge is 0.441 e. The SMILES string of the molecule is CC(=O)N1CCN(c2ccc(N3COC(=Nc4ccccc4F)N3)cc2C)CC1. The lowest BCUT2D eigenvalue weighted by molar-refractivity contribution is -0.129. The summed E-state index contributed by atoms with van der Waals surface area (Å²) < 4.78 is 19.3. The van der Waals surface area contributed by atoms with E-state index in [0.29, 0.717) is 0 Å². The number of piperazine rings is 1. The number of aryl methyl sites for hydroxylation is 1. The topological polar surface area (TPSA) is 60.4 Å². The average molecular weight is 397 g/mol. The van der Waals surface area contributed by atoms with Crippen molar-refractivity contribution in [2.24, 2.45) is 4.99 Å². The summed E-state index contributed by atoms with van der Waals surface area (Å²) in [6, 6.07) is 12.8. The van der Waals surface area contributed by atoms with Crippen LogP contribution in [0.3, 0.4) is 0 Å². The van der Waals surface area contributed by atoms with E-state index in [4.69, 9.17) is 4.74 Å². The number of anilines is 2. The Morgan fingerprint density at radius 1 is 1.14 bits per heavy atom. The van der Waals surface area contributed by atoms with Crippen LogP contribution in [0, 0.1) is 12.7 Å². The van der Waals surface area contributed by atoms with E-state index in [9.17, 15) is 9.18 Å². The quantitative estimate of drug-likeness (QED) is 0.863. The number of aliphatic imine (C=N–C) groups is 1. The van der Waals surface area contributed by atoms with Crippen LogP contribution in [-0.2, 0) is 9.53 Å². The molecular formula is C21H24FN5O2. The fourth-order valence-corrected chi connectivity index (χ4v) is 3.58. The number of carbonyl (C=O) groups excluding carboxylic acids is 1. The fourth-order valence-electron chi connectivity index (χ4n) is 3.58. The summed E-state index contributed by atoms with van der Waals surface area (Å²) in [4.78, 5) is 19.9. The van der Waals surface area contributed by atoms with Crippen molar-refractivity contribution in [1.82, 2.24) is 10.3 Å². The van der Waals surface area contributed by atoms with Crippen molar-refractivity contribution < 1.29 is 13.9 Å². The van der Waals surface area contributed by atoms with Crippen LogP contribution in [-0.4, -0.2) is 49.7 Å². The lowest BCUT2D eigenvalue weighted by Crippen LogP contribution is -2.48. The smallest absolute Gasteiger partial charge is 0.311 e. The molecule has 152 valence electrons. The third-order valence-electron chi connectivity index (χ3n) is 5.19. The van der Waals surface area contributed by atoms with Crippen molar-refractivity contribution in [3.63, 3.8) is 0 Å². The van der Waals surface area contributed by atoms with E-state index < -0.39 is 5.82 Å². The third kappa shape index (κ3) is 4.11. The van der Waals surface area contributed by atoms with Crippen molar-refractivity contribution in [3.05, 3.63) is 53.8 Å². The van der Waals surface area contributed by atoms with Crippen LogP contribution in [0.1, 0.15) is 12.5 Å². The van der Waals surface area contributed by atoms with E-state index in [1.807, 2.05) is 16.0 Å². The van der Waals surface area contributed by atoms with Gasteiger partial charge in [0.1, 0.15) is 11.5 Å². The Labute approximate surface area is 169 Å². The van der Waals surface area contributed by atoms with E-state index in [-0.39, 0.29) is 24.3 Å². The van der Waals surface area contributed by atoms with Crippen LogP contribution in [0.2, 0.25) is 0 Å². The molecule has 7 nitrogen and oxygen atoms in total. The molecule has 0 spiro atoms. The van der Waals surface area contributed by atoms with Crippen molar-refractivity contribution in [2.75, 3.05) is 42.8 Å². The van der Waals surface area contributed by atoms with Crippen LogP contribution in [0.5, 0.6) is 0 Å². The molecule has 4 rings (SSSR count). The Balaban J connectivity index is 1.44. The molecule has 0 radical (unpaired) electrons. The van der Waals surface area contributed by atoms with Crippen molar-refractivity contribution in [2.45, 2.75) is 13.8 Å². The van der Waals surface area contributed by atoms with Crippen molar-refractivity contribution in [1.29, 1.82) is 0 Å². The molecule has 2 aromatic carbocycles. The molecule has 8 heteroatoms. The number of carbonyl (C=O) groups is 1. The van der Waals surface area contributed by atoms with Gasteiger partial charge in [-0.1, -0.05) is 12.1 Å². The molecule has 2 fully saturated rings. The molecule has 1 N–H and O–H groups in total. The minimum Gasteiger partial charge on any atom is -0.441 e. The highest BCUT2D eigenvalue weighted by Crippen LogP contribution is 2.27. The van der Waals surface area contributed by atoms with E-state index in [1.165, 1.54) is 6.07 Å². The van der Waals surface area contributed by atoms with Crippen LogP contribution >= 0.6 is 0 Å². The zero-order valence-corrected chi connectivity index (χ0v) is 16.6. The predicted molar refractivity (Wildman–Crippen MR) is 111 cm³/mol. The number of nitrogens with one attached hydrogen (secondary N) is 1. The number of ether oxygens (including phenoxy) is 1. The lowest BCUT2D eigenvalue weighted by atomic mass is 10.1. The number of para-hydroxylation sites is 1. The highest BCUT2D eigenvalue weighted by atomic mass is 19.1. The normalized spacial score (nSPS) is 18.0. The Kier molecular flexibility index (Phi) is 5.24. The second-order valence-corrected chi connectivity index (χ2v) is 7.15. The third-order valence-corrected chi connectivity index (χ3v) is 5.19. The van der Waals surface area contributed by atoms with E-state index in [2.05, 4.69) is 34.4 Å². The number of nitrogens with zero attached hydrogens (tertiary/aromatic N) is 4. The second-order valence-electron chi connectivity index (χ2n) is 7.15. The van der Waals surface area contributed by atoms with Gasteiger partial charge in [-0.05, 0) is 42.8 Å². The van der Waals surface area contributed by atoms with Gasteiger partial charge in [0.2, 0.25) is 5.91 Å². The summed E-state index contributed by atoms with van der Waals surface area (Å²) in [5.74, 6) is -0.265. The van der Waals surface area contributed by atoms with E-state index >= 15 is 0 Å². The number of halogens is 1. The molecule has 2 aliphatic heterocycles. The zero-order valence-electron chi connectivity index (χ0n) is 16.6. The molecule has 0 saturated carbocycles. The standard InChI is InChI=1S/C21H24FN5O2/c1-15-13-17(7-8-20(15)26-11-9-25(10-12-26)16(2)28)27-14-29-21(24-27)23-19-6-4-3-5-18(19)22/h3-8,13H,9-12,14H2,1-2H3,(H,23,24). The van der Waals surface area contributed by atoms with Gasteiger partial charge in [0.15, 0.2) is 6.73 Å². The second kappa shape index (κ2) is 7.98. The Morgan fingerprint density at radius 2 is 1.90 bits per heavy atom. The number of amidine groups is 1. The van der Waals surface area contributed by atoms with Crippen molar-refractivity contribution >= 4 is 29.0 Å². The van der Waals surface area contributed by atoms with Crippen LogP contribution in [0.15, 0.2) is 47.5 Å². The van der Waals surface area contributed by atoms with Gasteiger partial charge in [-0.3, -0.25) is 4.79 Å². The molecule has 2 saturated heterocycles. The highest BCUT2D eigenvalue weighted by molar-refractivity contribution is 5.81. The van der Waals surface area contributed by atoms with Gasteiger partial charge < -0.3 is 14.5 Å². The van der Waals surface area contributed by atoms with Gasteiger partial charge in [0.05, 0.1) is 5.69 Å². The first-order valence-electron chi connectivity index (χ1n) is 9.62. The first-order valence-corrected chi connectivity index (χ1v) is 9.62. The Bertz CT molecular complexity index is 940. The molecule has 2 heterocycles. The molecule has 0 aromatic heterocycles. The maximum atomic E-state index is 13.8. The molecule has 1 amide bonds. The maximum Gasteiger partial charge on any atom is 0.311 e. The molecule has 0 unspecified atom stereocenters. The summed E-state index contributed by atoms with van der Waals surface area (Å²) >= 11 is 0. The average Bonchev–Trinajstić information content (AvgIpc) is 3.18. The number of benzene rings is 2.